The second-order valence-electron chi connectivity index (χ2n) is 5.37. The molecule has 0 radical (unpaired) electrons. The zero-order valence-corrected chi connectivity index (χ0v) is 13.1. The molecule has 0 atom stereocenters. The summed E-state index contributed by atoms with van der Waals surface area (Å²) >= 11 is 0. The summed E-state index contributed by atoms with van der Waals surface area (Å²) < 4.78 is 25.9. The number of benzene rings is 2. The van der Waals surface area contributed by atoms with Gasteiger partial charge >= 0.3 is 0 Å². The Morgan fingerprint density at radius 3 is 2.33 bits per heavy atom. The normalized spacial score (nSPS) is 12.0. The fourth-order valence-electron chi connectivity index (χ4n) is 2.60. The molecular weight excluding hydrogens is 282 g/mol. The van der Waals surface area contributed by atoms with Crippen molar-refractivity contribution in [1.29, 1.82) is 0 Å². The summed E-state index contributed by atoms with van der Waals surface area (Å²) in [7, 11) is -3.52. The van der Waals surface area contributed by atoms with Crippen molar-refractivity contribution in [2.75, 3.05) is 0 Å². The summed E-state index contributed by atoms with van der Waals surface area (Å²) in [6.07, 6.45) is 0. The third-order valence-electron chi connectivity index (χ3n) is 3.89. The molecule has 0 fully saturated rings. The summed E-state index contributed by atoms with van der Waals surface area (Å²) in [5.74, 6) is 0. The first-order valence-electron chi connectivity index (χ1n) is 6.81. The Bertz CT molecular complexity index is 937. The molecule has 1 N–H and O–H groups in total. The van der Waals surface area contributed by atoms with Crippen LogP contribution in [0.15, 0.2) is 52.3 Å². The molecule has 0 amide bonds. The molecule has 0 spiro atoms. The van der Waals surface area contributed by atoms with Gasteiger partial charge in [-0.05, 0) is 50.1 Å². The number of hydrogen-bond acceptors (Lipinski definition) is 2. The lowest BCUT2D eigenvalue weighted by Gasteiger charge is -2.07. The van der Waals surface area contributed by atoms with Gasteiger partial charge in [0.2, 0.25) is 9.84 Å². The number of H-pyrrole nitrogens is 1. The van der Waals surface area contributed by atoms with Crippen molar-refractivity contribution in [3.05, 3.63) is 59.3 Å². The van der Waals surface area contributed by atoms with Gasteiger partial charge in [-0.1, -0.05) is 24.3 Å². The lowest BCUT2D eigenvalue weighted by Crippen LogP contribution is -2.04. The Balaban J connectivity index is 2.30. The zero-order valence-electron chi connectivity index (χ0n) is 12.3. The summed E-state index contributed by atoms with van der Waals surface area (Å²) in [5, 5.41) is 0.744. The van der Waals surface area contributed by atoms with Crippen LogP contribution in [0.4, 0.5) is 0 Å². The minimum absolute atomic E-state index is 0.346. The standard InChI is InChI=1S/C17H17NO2S/c1-11-8-9-14(10-12(11)2)21(19,20)17-13(3)18-16-7-5-4-6-15(16)17/h4-10,18H,1-3H3. The van der Waals surface area contributed by atoms with Crippen LogP contribution in [-0.2, 0) is 9.84 Å². The molecule has 3 rings (SSSR count). The topological polar surface area (TPSA) is 49.9 Å². The van der Waals surface area contributed by atoms with E-state index in [4.69, 9.17) is 0 Å². The van der Waals surface area contributed by atoms with Gasteiger partial charge in [-0.3, -0.25) is 0 Å². The van der Waals surface area contributed by atoms with Crippen LogP contribution in [0.2, 0.25) is 0 Å². The predicted octanol–water partition coefficient (Wildman–Crippen LogP) is 3.93. The van der Waals surface area contributed by atoms with E-state index >= 15 is 0 Å². The van der Waals surface area contributed by atoms with Gasteiger partial charge in [-0.15, -0.1) is 0 Å². The van der Waals surface area contributed by atoms with Gasteiger partial charge in [0.1, 0.15) is 0 Å². The Morgan fingerprint density at radius 2 is 1.62 bits per heavy atom. The van der Waals surface area contributed by atoms with E-state index in [-0.39, 0.29) is 0 Å². The van der Waals surface area contributed by atoms with Gasteiger partial charge in [0.05, 0.1) is 9.79 Å². The molecule has 0 unspecified atom stereocenters. The van der Waals surface area contributed by atoms with Crippen molar-refractivity contribution in [2.45, 2.75) is 30.6 Å². The van der Waals surface area contributed by atoms with E-state index in [0.29, 0.717) is 15.5 Å². The number of aromatic nitrogens is 1. The van der Waals surface area contributed by atoms with Gasteiger partial charge < -0.3 is 4.98 Å². The van der Waals surface area contributed by atoms with E-state index in [2.05, 4.69) is 4.98 Å². The van der Waals surface area contributed by atoms with Crippen LogP contribution in [-0.4, -0.2) is 13.4 Å². The largest absolute Gasteiger partial charge is 0.358 e. The van der Waals surface area contributed by atoms with E-state index in [1.165, 1.54) is 0 Å². The van der Waals surface area contributed by atoms with Crippen LogP contribution < -0.4 is 0 Å². The first kappa shape index (κ1) is 13.9. The highest BCUT2D eigenvalue weighted by Crippen LogP contribution is 2.31. The molecular formula is C17H17NO2S. The minimum atomic E-state index is -3.52. The maximum atomic E-state index is 13.0. The SMILES string of the molecule is Cc1ccc(S(=O)(=O)c2c(C)[nH]c3ccccc23)cc1C. The molecule has 0 aliphatic heterocycles. The van der Waals surface area contributed by atoms with E-state index < -0.39 is 9.84 Å². The number of sulfone groups is 1. The fraction of sp³-hybridized carbons (Fsp3) is 0.176. The number of hydrogen-bond donors (Lipinski definition) is 1. The highest BCUT2D eigenvalue weighted by atomic mass is 32.2. The number of aryl methyl sites for hydroxylation is 3. The molecule has 0 saturated heterocycles. The quantitative estimate of drug-likeness (QED) is 0.779. The lowest BCUT2D eigenvalue weighted by atomic mass is 10.1. The van der Waals surface area contributed by atoms with Crippen molar-refractivity contribution in [1.82, 2.24) is 4.98 Å². The zero-order chi connectivity index (χ0) is 15.2. The third-order valence-corrected chi connectivity index (χ3v) is 5.83. The maximum absolute atomic E-state index is 13.0. The minimum Gasteiger partial charge on any atom is -0.358 e. The molecule has 0 bridgehead atoms. The smallest absolute Gasteiger partial charge is 0.208 e. The van der Waals surface area contributed by atoms with Crippen molar-refractivity contribution in [3.8, 4) is 0 Å². The molecule has 0 aliphatic carbocycles. The van der Waals surface area contributed by atoms with Crippen LogP contribution in [0.3, 0.4) is 0 Å². The third kappa shape index (κ3) is 2.16. The van der Waals surface area contributed by atoms with Crippen molar-refractivity contribution < 1.29 is 8.42 Å². The van der Waals surface area contributed by atoms with E-state index in [1.54, 1.807) is 19.1 Å². The first-order valence-corrected chi connectivity index (χ1v) is 8.29. The molecule has 1 aromatic heterocycles. The maximum Gasteiger partial charge on any atom is 0.208 e. The Morgan fingerprint density at radius 1 is 0.905 bits per heavy atom. The van der Waals surface area contributed by atoms with Crippen LogP contribution in [0, 0.1) is 20.8 Å². The molecule has 0 aliphatic rings. The fourth-order valence-corrected chi connectivity index (χ4v) is 4.33. The summed E-state index contributed by atoms with van der Waals surface area (Å²) in [6.45, 7) is 5.70. The van der Waals surface area contributed by atoms with E-state index in [9.17, 15) is 8.42 Å². The molecule has 4 heteroatoms. The van der Waals surface area contributed by atoms with E-state index in [0.717, 1.165) is 22.0 Å². The predicted molar refractivity (Wildman–Crippen MR) is 84.4 cm³/mol. The molecule has 108 valence electrons. The number of para-hydroxylation sites is 1. The lowest BCUT2D eigenvalue weighted by molar-refractivity contribution is 0.596. The number of rotatable bonds is 2. The second-order valence-corrected chi connectivity index (χ2v) is 7.26. The molecule has 3 aromatic rings. The number of aromatic amines is 1. The highest BCUT2D eigenvalue weighted by Gasteiger charge is 2.24. The number of fused-ring (bicyclic) bond motifs is 1. The molecule has 0 saturated carbocycles. The van der Waals surface area contributed by atoms with Crippen LogP contribution in [0.25, 0.3) is 10.9 Å². The Kier molecular flexibility index (Phi) is 3.14. The van der Waals surface area contributed by atoms with Crippen LogP contribution >= 0.6 is 0 Å². The molecule has 21 heavy (non-hydrogen) atoms. The van der Waals surface area contributed by atoms with Gasteiger partial charge in [0.15, 0.2) is 0 Å². The van der Waals surface area contributed by atoms with Crippen LogP contribution in [0.5, 0.6) is 0 Å². The Hall–Kier alpha value is -2.07. The highest BCUT2D eigenvalue weighted by molar-refractivity contribution is 7.91. The first-order chi connectivity index (χ1) is 9.91. The average Bonchev–Trinajstić information content (AvgIpc) is 2.78. The van der Waals surface area contributed by atoms with E-state index in [1.807, 2.05) is 44.2 Å². The number of nitrogens with one attached hydrogen (secondary N) is 1. The van der Waals surface area contributed by atoms with Crippen molar-refractivity contribution in [2.24, 2.45) is 0 Å². The van der Waals surface area contributed by atoms with Gasteiger partial charge in [0, 0.05) is 16.6 Å². The van der Waals surface area contributed by atoms with Gasteiger partial charge in [-0.25, -0.2) is 8.42 Å². The van der Waals surface area contributed by atoms with Crippen molar-refractivity contribution >= 4 is 20.7 Å². The summed E-state index contributed by atoms with van der Waals surface area (Å²) in [5.41, 5.74) is 3.59. The van der Waals surface area contributed by atoms with Gasteiger partial charge in [0.25, 0.3) is 0 Å². The molecule has 1 heterocycles. The van der Waals surface area contributed by atoms with Crippen LogP contribution in [0.1, 0.15) is 16.8 Å². The van der Waals surface area contributed by atoms with Crippen molar-refractivity contribution in [3.63, 3.8) is 0 Å². The summed E-state index contributed by atoms with van der Waals surface area (Å²) in [4.78, 5) is 3.87. The Labute approximate surface area is 124 Å². The monoisotopic (exact) mass is 299 g/mol. The second kappa shape index (κ2) is 4.74. The molecule has 2 aromatic carbocycles. The van der Waals surface area contributed by atoms with Gasteiger partial charge in [-0.2, -0.15) is 0 Å². The average molecular weight is 299 g/mol. The molecule has 3 nitrogen and oxygen atoms in total. The summed E-state index contributed by atoms with van der Waals surface area (Å²) in [6, 6.07) is 12.8.